The molecule has 0 aliphatic heterocycles. The molecule has 0 saturated carbocycles. The Morgan fingerprint density at radius 3 is 2.13 bits per heavy atom. The van der Waals surface area contributed by atoms with Crippen LogP contribution in [0.15, 0.2) is 24.4 Å². The van der Waals surface area contributed by atoms with E-state index in [1.165, 1.54) is 11.1 Å². The van der Waals surface area contributed by atoms with Gasteiger partial charge >= 0.3 is 0 Å². The van der Waals surface area contributed by atoms with Crippen LogP contribution in [0.5, 0.6) is 0 Å². The molecular formula is C13H19NO. The number of hydrogen-bond acceptors (Lipinski definition) is 1. The molecular weight excluding hydrogens is 186 g/mol. The van der Waals surface area contributed by atoms with Crippen molar-refractivity contribution in [3.63, 3.8) is 0 Å². The van der Waals surface area contributed by atoms with Crippen LogP contribution in [0.3, 0.4) is 0 Å². The first-order chi connectivity index (χ1) is 7.25. The largest absolute Gasteiger partial charge is 0.335 e. The molecule has 0 bridgehead atoms. The zero-order valence-electron chi connectivity index (χ0n) is 9.87. The molecule has 0 spiro atoms. The predicted molar refractivity (Wildman–Crippen MR) is 65.5 cm³/mol. The fraction of sp³-hybridized carbons (Fsp3) is 0.308. The molecule has 0 unspecified atom stereocenters. The van der Waals surface area contributed by atoms with E-state index < -0.39 is 0 Å². The average Bonchev–Trinajstić information content (AvgIpc) is 2.25. The molecule has 82 valence electrons. The Hall–Kier alpha value is -1.57. The molecule has 0 fully saturated rings. The van der Waals surface area contributed by atoms with Crippen LogP contribution in [-0.2, 0) is 4.79 Å². The van der Waals surface area contributed by atoms with E-state index in [1.807, 2.05) is 52.0 Å². The number of carbonyl (C=O) groups excluding carboxylic acids is 1. The van der Waals surface area contributed by atoms with Gasteiger partial charge in [-0.25, -0.2) is 0 Å². The number of carbonyl (C=O) groups is 1. The van der Waals surface area contributed by atoms with Gasteiger partial charge in [-0.2, -0.15) is 0 Å². The van der Waals surface area contributed by atoms with Gasteiger partial charge in [0.25, 0.3) is 0 Å². The van der Waals surface area contributed by atoms with Crippen LogP contribution in [0.1, 0.15) is 30.5 Å². The summed E-state index contributed by atoms with van der Waals surface area (Å²) in [6.45, 7) is 8.10. The van der Waals surface area contributed by atoms with Gasteiger partial charge in [-0.1, -0.05) is 32.0 Å². The Morgan fingerprint density at radius 1 is 1.13 bits per heavy atom. The summed E-state index contributed by atoms with van der Waals surface area (Å²) in [4.78, 5) is 10.0. The lowest BCUT2D eigenvalue weighted by Gasteiger charge is -2.03. The van der Waals surface area contributed by atoms with Crippen molar-refractivity contribution in [1.82, 2.24) is 5.32 Å². The maximum absolute atomic E-state index is 10.0. The van der Waals surface area contributed by atoms with Crippen LogP contribution in [0.4, 0.5) is 0 Å². The molecule has 0 aliphatic carbocycles. The lowest BCUT2D eigenvalue weighted by atomic mass is 10.0. The van der Waals surface area contributed by atoms with Crippen LogP contribution in [-0.4, -0.2) is 6.41 Å². The zero-order chi connectivity index (χ0) is 11.7. The number of rotatable bonds is 3. The van der Waals surface area contributed by atoms with E-state index in [0.29, 0.717) is 6.41 Å². The molecule has 0 atom stereocenters. The zero-order valence-corrected chi connectivity index (χ0v) is 9.87. The highest BCUT2D eigenvalue weighted by Crippen LogP contribution is 2.14. The Balaban J connectivity index is 0.000000921. The SMILES string of the molecule is CC.Cc1cccc(C)c1/C=C\NC=O. The van der Waals surface area contributed by atoms with Crippen LogP contribution < -0.4 is 5.32 Å². The second kappa shape index (κ2) is 7.80. The summed E-state index contributed by atoms with van der Waals surface area (Å²) in [5, 5.41) is 2.49. The third-order valence-electron chi connectivity index (χ3n) is 1.96. The van der Waals surface area contributed by atoms with Gasteiger partial charge < -0.3 is 5.32 Å². The van der Waals surface area contributed by atoms with Crippen molar-refractivity contribution >= 4 is 12.5 Å². The summed E-state index contributed by atoms with van der Waals surface area (Å²) < 4.78 is 0. The molecule has 1 rings (SSSR count). The van der Waals surface area contributed by atoms with Crippen molar-refractivity contribution in [2.24, 2.45) is 0 Å². The monoisotopic (exact) mass is 205 g/mol. The maximum atomic E-state index is 10.0. The normalized spacial score (nSPS) is 9.33. The summed E-state index contributed by atoms with van der Waals surface area (Å²) >= 11 is 0. The number of nitrogens with one attached hydrogen (secondary N) is 1. The average molecular weight is 205 g/mol. The molecule has 1 aromatic carbocycles. The van der Waals surface area contributed by atoms with E-state index in [0.717, 1.165) is 5.56 Å². The van der Waals surface area contributed by atoms with E-state index in [-0.39, 0.29) is 0 Å². The fourth-order valence-electron chi connectivity index (χ4n) is 1.26. The van der Waals surface area contributed by atoms with Crippen molar-refractivity contribution in [2.45, 2.75) is 27.7 Å². The Kier molecular flexibility index (Phi) is 6.98. The first kappa shape index (κ1) is 13.4. The minimum absolute atomic E-state index is 0.657. The topological polar surface area (TPSA) is 29.1 Å². The lowest BCUT2D eigenvalue weighted by Crippen LogP contribution is -1.98. The van der Waals surface area contributed by atoms with Crippen molar-refractivity contribution in [1.29, 1.82) is 0 Å². The van der Waals surface area contributed by atoms with Crippen LogP contribution in [0, 0.1) is 13.8 Å². The molecule has 0 saturated heterocycles. The number of aryl methyl sites for hydroxylation is 2. The van der Waals surface area contributed by atoms with Crippen molar-refractivity contribution in [3.8, 4) is 0 Å². The lowest BCUT2D eigenvalue weighted by molar-refractivity contribution is -0.108. The van der Waals surface area contributed by atoms with Gasteiger partial charge in [0.15, 0.2) is 0 Å². The molecule has 1 aromatic rings. The smallest absolute Gasteiger partial charge is 0.211 e. The van der Waals surface area contributed by atoms with Gasteiger partial charge in [0.05, 0.1) is 0 Å². The quantitative estimate of drug-likeness (QED) is 0.755. The molecule has 0 aromatic heterocycles. The molecule has 0 heterocycles. The van der Waals surface area contributed by atoms with Crippen LogP contribution >= 0.6 is 0 Å². The van der Waals surface area contributed by atoms with E-state index in [9.17, 15) is 4.79 Å². The molecule has 0 aliphatic rings. The number of benzene rings is 1. The van der Waals surface area contributed by atoms with Crippen molar-refractivity contribution < 1.29 is 4.79 Å². The predicted octanol–water partition coefficient (Wildman–Crippen LogP) is 3.05. The van der Waals surface area contributed by atoms with Gasteiger partial charge in [-0.05, 0) is 36.6 Å². The minimum Gasteiger partial charge on any atom is -0.335 e. The second-order valence-corrected chi connectivity index (χ2v) is 2.92. The molecule has 2 heteroatoms. The second-order valence-electron chi connectivity index (χ2n) is 2.92. The van der Waals surface area contributed by atoms with Gasteiger partial charge in [-0.15, -0.1) is 0 Å². The van der Waals surface area contributed by atoms with Crippen molar-refractivity contribution in [2.75, 3.05) is 0 Å². The molecule has 1 N–H and O–H groups in total. The third kappa shape index (κ3) is 4.45. The first-order valence-electron chi connectivity index (χ1n) is 5.18. The van der Waals surface area contributed by atoms with E-state index >= 15 is 0 Å². The number of amides is 1. The summed E-state index contributed by atoms with van der Waals surface area (Å²) in [5.41, 5.74) is 3.59. The van der Waals surface area contributed by atoms with E-state index in [2.05, 4.69) is 5.32 Å². The van der Waals surface area contributed by atoms with Crippen molar-refractivity contribution in [3.05, 3.63) is 41.1 Å². The fourth-order valence-corrected chi connectivity index (χ4v) is 1.26. The third-order valence-corrected chi connectivity index (χ3v) is 1.96. The highest BCUT2D eigenvalue weighted by atomic mass is 16.1. The molecule has 0 radical (unpaired) electrons. The standard InChI is InChI=1S/C11H13NO.C2H6/c1-9-4-3-5-10(2)11(9)6-7-12-8-13;1-2/h3-8H,1-2H3,(H,12,13);1-2H3/b7-6-;. The van der Waals surface area contributed by atoms with E-state index in [1.54, 1.807) is 6.20 Å². The highest BCUT2D eigenvalue weighted by Gasteiger charge is 1.95. The highest BCUT2D eigenvalue weighted by molar-refractivity contribution is 5.59. The maximum Gasteiger partial charge on any atom is 0.211 e. The summed E-state index contributed by atoms with van der Waals surface area (Å²) in [6.07, 6.45) is 4.20. The Morgan fingerprint density at radius 2 is 1.67 bits per heavy atom. The Bertz CT molecular complexity index is 309. The molecule has 1 amide bonds. The first-order valence-corrected chi connectivity index (χ1v) is 5.18. The number of hydrogen-bond donors (Lipinski definition) is 1. The molecule has 15 heavy (non-hydrogen) atoms. The Labute approximate surface area is 92.0 Å². The van der Waals surface area contributed by atoms with Gasteiger partial charge in [-0.3, -0.25) is 4.79 Å². The van der Waals surface area contributed by atoms with Gasteiger partial charge in [0.2, 0.25) is 6.41 Å². The minimum atomic E-state index is 0.657. The summed E-state index contributed by atoms with van der Waals surface area (Å²) in [6, 6.07) is 6.12. The van der Waals surface area contributed by atoms with Crippen LogP contribution in [0.25, 0.3) is 6.08 Å². The summed E-state index contributed by atoms with van der Waals surface area (Å²) in [5.74, 6) is 0. The van der Waals surface area contributed by atoms with Gasteiger partial charge in [0.1, 0.15) is 0 Å². The summed E-state index contributed by atoms with van der Waals surface area (Å²) in [7, 11) is 0. The van der Waals surface area contributed by atoms with Gasteiger partial charge in [0, 0.05) is 6.20 Å². The molecule has 2 nitrogen and oxygen atoms in total. The van der Waals surface area contributed by atoms with E-state index in [4.69, 9.17) is 0 Å². The van der Waals surface area contributed by atoms with Crippen LogP contribution in [0.2, 0.25) is 0 Å².